The molecule has 0 bridgehead atoms. The SMILES string of the molecule is CSc1ccc(C(Cl)c2cc(Cl)c(Br)cc2F)cc1. The van der Waals surface area contributed by atoms with Crippen molar-refractivity contribution in [3.63, 3.8) is 0 Å². The van der Waals surface area contributed by atoms with Gasteiger partial charge >= 0.3 is 0 Å². The predicted octanol–water partition coefficient (Wildman–Crippen LogP) is 6.29. The zero-order valence-electron chi connectivity index (χ0n) is 9.96. The van der Waals surface area contributed by atoms with E-state index in [0.717, 1.165) is 10.5 Å². The molecule has 0 saturated carbocycles. The van der Waals surface area contributed by atoms with E-state index in [-0.39, 0.29) is 5.82 Å². The summed E-state index contributed by atoms with van der Waals surface area (Å²) in [6.07, 6.45) is 2.00. The van der Waals surface area contributed by atoms with Crippen molar-refractivity contribution < 1.29 is 4.39 Å². The van der Waals surface area contributed by atoms with Crippen LogP contribution >= 0.6 is 50.9 Å². The zero-order chi connectivity index (χ0) is 14.0. The van der Waals surface area contributed by atoms with Gasteiger partial charge in [0, 0.05) is 14.9 Å². The van der Waals surface area contributed by atoms with Crippen LogP contribution in [0.15, 0.2) is 45.8 Å². The van der Waals surface area contributed by atoms with Crippen LogP contribution in [0.4, 0.5) is 4.39 Å². The number of hydrogen-bond donors (Lipinski definition) is 0. The maximum atomic E-state index is 13.9. The Hall–Kier alpha value is -0.220. The molecule has 0 heterocycles. The van der Waals surface area contributed by atoms with Crippen molar-refractivity contribution in [2.75, 3.05) is 6.26 Å². The Kier molecular flexibility index (Phi) is 5.18. The van der Waals surface area contributed by atoms with Gasteiger partial charge in [0.05, 0.1) is 10.4 Å². The Morgan fingerprint density at radius 3 is 2.42 bits per heavy atom. The quantitative estimate of drug-likeness (QED) is 0.343. The fourth-order valence-corrected chi connectivity index (χ4v) is 2.89. The Balaban J connectivity index is 2.37. The zero-order valence-corrected chi connectivity index (χ0v) is 13.9. The predicted molar refractivity (Wildman–Crippen MR) is 85.0 cm³/mol. The van der Waals surface area contributed by atoms with Gasteiger partial charge in [-0.25, -0.2) is 4.39 Å². The van der Waals surface area contributed by atoms with Gasteiger partial charge in [-0.05, 0) is 52.0 Å². The summed E-state index contributed by atoms with van der Waals surface area (Å²) in [6, 6.07) is 10.6. The molecule has 0 nitrogen and oxygen atoms in total. The first-order valence-corrected chi connectivity index (χ1v) is 8.28. The van der Waals surface area contributed by atoms with Gasteiger partial charge < -0.3 is 0 Å². The van der Waals surface area contributed by atoms with Crippen molar-refractivity contribution in [1.29, 1.82) is 0 Å². The number of alkyl halides is 1. The Bertz CT molecular complexity index is 587. The molecule has 19 heavy (non-hydrogen) atoms. The number of hydrogen-bond acceptors (Lipinski definition) is 1. The molecule has 2 rings (SSSR count). The molecule has 0 aliphatic heterocycles. The second-order valence-electron chi connectivity index (χ2n) is 3.92. The van der Waals surface area contributed by atoms with Crippen LogP contribution in [0.1, 0.15) is 16.5 Å². The normalized spacial score (nSPS) is 12.5. The molecule has 0 saturated heterocycles. The van der Waals surface area contributed by atoms with Crippen molar-refractivity contribution in [3.05, 3.63) is 62.8 Å². The van der Waals surface area contributed by atoms with Crippen LogP contribution in [-0.4, -0.2) is 6.26 Å². The minimum Gasteiger partial charge on any atom is -0.207 e. The van der Waals surface area contributed by atoms with E-state index in [4.69, 9.17) is 23.2 Å². The molecule has 0 spiro atoms. The highest BCUT2D eigenvalue weighted by Gasteiger charge is 2.17. The van der Waals surface area contributed by atoms with Crippen molar-refractivity contribution in [2.45, 2.75) is 10.3 Å². The van der Waals surface area contributed by atoms with Gasteiger partial charge in [-0.2, -0.15) is 0 Å². The summed E-state index contributed by atoms with van der Waals surface area (Å²) in [6.45, 7) is 0. The van der Waals surface area contributed by atoms with Crippen LogP contribution in [0, 0.1) is 5.82 Å². The highest BCUT2D eigenvalue weighted by molar-refractivity contribution is 9.10. The van der Waals surface area contributed by atoms with Crippen molar-refractivity contribution in [1.82, 2.24) is 0 Å². The number of rotatable bonds is 3. The van der Waals surface area contributed by atoms with E-state index in [9.17, 15) is 4.39 Å². The third-order valence-electron chi connectivity index (χ3n) is 2.72. The lowest BCUT2D eigenvalue weighted by Gasteiger charge is -2.13. The molecule has 1 atom stereocenters. The molecule has 0 N–H and O–H groups in total. The van der Waals surface area contributed by atoms with Crippen LogP contribution in [-0.2, 0) is 0 Å². The summed E-state index contributed by atoms with van der Waals surface area (Å²) in [5.41, 5.74) is 1.23. The first-order chi connectivity index (χ1) is 9.02. The van der Waals surface area contributed by atoms with Crippen LogP contribution < -0.4 is 0 Å². The third kappa shape index (κ3) is 3.46. The van der Waals surface area contributed by atoms with Crippen molar-refractivity contribution in [2.24, 2.45) is 0 Å². The number of benzene rings is 2. The summed E-state index contributed by atoms with van der Waals surface area (Å²) in [5.74, 6) is -0.370. The van der Waals surface area contributed by atoms with Crippen LogP contribution in [0.25, 0.3) is 0 Å². The topological polar surface area (TPSA) is 0 Å². The summed E-state index contributed by atoms with van der Waals surface area (Å²) in [4.78, 5) is 1.14. The maximum Gasteiger partial charge on any atom is 0.129 e. The monoisotopic (exact) mass is 378 g/mol. The smallest absolute Gasteiger partial charge is 0.129 e. The van der Waals surface area contributed by atoms with Crippen LogP contribution in [0.5, 0.6) is 0 Å². The van der Waals surface area contributed by atoms with E-state index in [1.807, 2.05) is 30.5 Å². The van der Waals surface area contributed by atoms with E-state index in [1.54, 1.807) is 17.8 Å². The average Bonchev–Trinajstić information content (AvgIpc) is 2.42. The highest BCUT2D eigenvalue weighted by atomic mass is 79.9. The molecule has 2 aromatic rings. The molecule has 1 unspecified atom stereocenters. The second-order valence-corrected chi connectivity index (χ2v) is 6.50. The molecule has 0 fully saturated rings. The van der Waals surface area contributed by atoms with Crippen LogP contribution in [0.2, 0.25) is 5.02 Å². The molecule has 0 radical (unpaired) electrons. The standard InChI is InChI=1S/C14H10BrCl2FS/c1-19-9-4-2-8(3-5-9)14(17)10-6-12(16)11(15)7-13(10)18/h2-7,14H,1H3. The summed E-state index contributed by atoms with van der Waals surface area (Å²) < 4.78 is 14.5. The summed E-state index contributed by atoms with van der Waals surface area (Å²) in [7, 11) is 0. The number of halogens is 4. The van der Waals surface area contributed by atoms with Crippen LogP contribution in [0.3, 0.4) is 0 Å². The van der Waals surface area contributed by atoms with Gasteiger partial charge in [-0.3, -0.25) is 0 Å². The molecule has 2 aromatic carbocycles. The molecule has 0 amide bonds. The summed E-state index contributed by atoms with van der Waals surface area (Å²) in [5, 5.41) is -0.107. The first kappa shape index (κ1) is 15.2. The Labute approximate surface area is 134 Å². The van der Waals surface area contributed by atoms with E-state index in [1.165, 1.54) is 6.07 Å². The van der Waals surface area contributed by atoms with Gasteiger partial charge in [-0.15, -0.1) is 23.4 Å². The lowest BCUT2D eigenvalue weighted by atomic mass is 10.0. The largest absolute Gasteiger partial charge is 0.207 e. The lowest BCUT2D eigenvalue weighted by Crippen LogP contribution is -1.97. The highest BCUT2D eigenvalue weighted by Crippen LogP contribution is 2.35. The fraction of sp³-hybridized carbons (Fsp3) is 0.143. The first-order valence-electron chi connectivity index (χ1n) is 5.45. The van der Waals surface area contributed by atoms with E-state index < -0.39 is 5.38 Å². The van der Waals surface area contributed by atoms with Gasteiger partial charge in [-0.1, -0.05) is 23.7 Å². The molecule has 0 aromatic heterocycles. The lowest BCUT2D eigenvalue weighted by molar-refractivity contribution is 0.611. The van der Waals surface area contributed by atoms with Crippen molar-refractivity contribution in [3.8, 4) is 0 Å². The van der Waals surface area contributed by atoms with Gasteiger partial charge in [0.25, 0.3) is 0 Å². The average molecular weight is 380 g/mol. The summed E-state index contributed by atoms with van der Waals surface area (Å²) >= 11 is 17.2. The van der Waals surface area contributed by atoms with Gasteiger partial charge in [0.2, 0.25) is 0 Å². The maximum absolute atomic E-state index is 13.9. The van der Waals surface area contributed by atoms with E-state index in [0.29, 0.717) is 15.1 Å². The minimum atomic E-state index is -0.554. The van der Waals surface area contributed by atoms with E-state index >= 15 is 0 Å². The molecule has 0 aliphatic rings. The molecule has 5 heteroatoms. The molecular formula is C14H10BrCl2FS. The Morgan fingerprint density at radius 1 is 1.21 bits per heavy atom. The molecule has 0 aliphatic carbocycles. The Morgan fingerprint density at radius 2 is 1.84 bits per heavy atom. The third-order valence-corrected chi connectivity index (χ3v) is 5.15. The molecular weight excluding hydrogens is 370 g/mol. The fourth-order valence-electron chi connectivity index (χ4n) is 1.68. The minimum absolute atomic E-state index is 0.370. The van der Waals surface area contributed by atoms with Crippen molar-refractivity contribution >= 4 is 50.9 Å². The van der Waals surface area contributed by atoms with Gasteiger partial charge in [0.1, 0.15) is 5.82 Å². The molecule has 100 valence electrons. The van der Waals surface area contributed by atoms with Gasteiger partial charge in [0.15, 0.2) is 0 Å². The number of thioether (sulfide) groups is 1. The van der Waals surface area contributed by atoms with E-state index in [2.05, 4.69) is 15.9 Å². The second kappa shape index (κ2) is 6.49.